The number of nitrogens with zero attached hydrogens (tertiary/aromatic N) is 2. The van der Waals surface area contributed by atoms with Crippen LogP contribution in [-0.4, -0.2) is 5.75 Å². The minimum Gasteiger partial charge on any atom is -0.204 e. The van der Waals surface area contributed by atoms with Gasteiger partial charge in [0.15, 0.2) is 17.5 Å². The van der Waals surface area contributed by atoms with Crippen molar-refractivity contribution in [2.24, 2.45) is 0 Å². The van der Waals surface area contributed by atoms with Crippen LogP contribution in [0.4, 0.5) is 13.2 Å². The van der Waals surface area contributed by atoms with Crippen LogP contribution in [0.1, 0.15) is 56.6 Å². The molecule has 0 unspecified atom stereocenters. The molecule has 0 bridgehead atoms. The summed E-state index contributed by atoms with van der Waals surface area (Å²) in [4.78, 5) is -0.512. The Morgan fingerprint density at radius 1 is 0.818 bits per heavy atom. The molecule has 22 heavy (non-hydrogen) atoms. The average molecular weight is 326 g/mol. The highest BCUT2D eigenvalue weighted by Crippen LogP contribution is 2.32. The van der Waals surface area contributed by atoms with Crippen molar-refractivity contribution in [3.8, 4) is 12.1 Å². The van der Waals surface area contributed by atoms with E-state index in [-0.39, 0.29) is 0 Å². The molecule has 2 nitrogen and oxygen atoms in total. The molecule has 1 rings (SSSR count). The Hall–Kier alpha value is -1.66. The van der Waals surface area contributed by atoms with E-state index in [0.717, 1.165) is 43.9 Å². The fourth-order valence-electron chi connectivity index (χ4n) is 2.03. The minimum absolute atomic E-state index is 0.441. The third-order valence-electron chi connectivity index (χ3n) is 3.25. The van der Waals surface area contributed by atoms with Crippen molar-refractivity contribution in [2.75, 3.05) is 5.75 Å². The highest BCUT2D eigenvalue weighted by Gasteiger charge is 2.25. The number of benzene rings is 1. The second-order valence-corrected chi connectivity index (χ2v) is 5.97. The van der Waals surface area contributed by atoms with E-state index < -0.39 is 33.5 Å². The first-order chi connectivity index (χ1) is 10.6. The molecule has 0 radical (unpaired) electrons. The van der Waals surface area contributed by atoms with Gasteiger partial charge in [0.2, 0.25) is 0 Å². The van der Waals surface area contributed by atoms with Crippen LogP contribution in [0.25, 0.3) is 0 Å². The van der Waals surface area contributed by atoms with Crippen LogP contribution in [0.3, 0.4) is 0 Å². The van der Waals surface area contributed by atoms with E-state index >= 15 is 0 Å². The number of thioether (sulfide) groups is 1. The third-order valence-corrected chi connectivity index (χ3v) is 4.39. The molecule has 0 spiro atoms. The molecule has 0 amide bonds. The van der Waals surface area contributed by atoms with Gasteiger partial charge in [0, 0.05) is 0 Å². The summed E-state index contributed by atoms with van der Waals surface area (Å²) >= 11 is 0.850. The quantitative estimate of drug-likeness (QED) is 0.370. The largest absolute Gasteiger partial charge is 0.204 e. The number of hydrogen-bond donors (Lipinski definition) is 0. The maximum absolute atomic E-state index is 14.0. The number of hydrogen-bond acceptors (Lipinski definition) is 3. The molecular formula is C16H17F3N2S. The van der Waals surface area contributed by atoms with Crippen LogP contribution in [0.5, 0.6) is 0 Å². The minimum atomic E-state index is -1.45. The van der Waals surface area contributed by atoms with Gasteiger partial charge in [-0.3, -0.25) is 0 Å². The molecule has 0 aliphatic heterocycles. The third kappa shape index (κ3) is 4.42. The molecule has 0 aliphatic carbocycles. The first kappa shape index (κ1) is 18.4. The molecule has 0 aliphatic rings. The number of unbranched alkanes of at least 4 members (excludes halogenated alkanes) is 5. The Labute approximate surface area is 132 Å². The van der Waals surface area contributed by atoms with E-state index in [1.807, 2.05) is 0 Å². The SMILES string of the molecule is CCCCCCCCSc1c(F)c(F)c(C#N)c(C#N)c1F. The molecule has 0 fully saturated rings. The lowest BCUT2D eigenvalue weighted by Crippen LogP contribution is -2.03. The van der Waals surface area contributed by atoms with Crippen molar-refractivity contribution in [2.45, 2.75) is 50.3 Å². The second-order valence-electron chi connectivity index (χ2n) is 4.86. The summed E-state index contributed by atoms with van der Waals surface area (Å²) in [5, 5.41) is 17.5. The Morgan fingerprint density at radius 3 is 1.95 bits per heavy atom. The summed E-state index contributed by atoms with van der Waals surface area (Å²) in [5.41, 5.74) is -1.60. The highest BCUT2D eigenvalue weighted by molar-refractivity contribution is 7.99. The van der Waals surface area contributed by atoms with Gasteiger partial charge in [0.25, 0.3) is 0 Å². The summed E-state index contributed by atoms with van der Waals surface area (Å²) in [6, 6.07) is 2.76. The molecule has 0 heterocycles. The lowest BCUT2D eigenvalue weighted by molar-refractivity contribution is 0.463. The van der Waals surface area contributed by atoms with E-state index in [4.69, 9.17) is 10.5 Å². The van der Waals surface area contributed by atoms with Gasteiger partial charge >= 0.3 is 0 Å². The van der Waals surface area contributed by atoms with E-state index in [0.29, 0.717) is 5.75 Å². The fourth-order valence-corrected chi connectivity index (χ4v) is 3.03. The van der Waals surface area contributed by atoms with Crippen LogP contribution in [0, 0.1) is 40.1 Å². The van der Waals surface area contributed by atoms with Crippen molar-refractivity contribution in [3.05, 3.63) is 28.6 Å². The van der Waals surface area contributed by atoms with Gasteiger partial charge in [0.1, 0.15) is 23.3 Å². The predicted octanol–water partition coefficient (Wildman–Crippen LogP) is 5.30. The Morgan fingerprint density at radius 2 is 1.36 bits per heavy atom. The molecule has 1 aromatic carbocycles. The van der Waals surface area contributed by atoms with Crippen LogP contribution in [-0.2, 0) is 0 Å². The van der Waals surface area contributed by atoms with Gasteiger partial charge in [0.05, 0.1) is 4.90 Å². The lowest BCUT2D eigenvalue weighted by Gasteiger charge is -2.08. The van der Waals surface area contributed by atoms with Crippen LogP contribution in [0.2, 0.25) is 0 Å². The van der Waals surface area contributed by atoms with Gasteiger partial charge in [-0.2, -0.15) is 10.5 Å². The monoisotopic (exact) mass is 326 g/mol. The van der Waals surface area contributed by atoms with Gasteiger partial charge in [-0.1, -0.05) is 39.0 Å². The van der Waals surface area contributed by atoms with E-state index in [9.17, 15) is 13.2 Å². The summed E-state index contributed by atoms with van der Waals surface area (Å²) in [6.07, 6.45) is 6.21. The summed E-state index contributed by atoms with van der Waals surface area (Å²) < 4.78 is 41.5. The topological polar surface area (TPSA) is 47.6 Å². The van der Waals surface area contributed by atoms with Crippen LogP contribution >= 0.6 is 11.8 Å². The average Bonchev–Trinajstić information content (AvgIpc) is 2.52. The Kier molecular flexibility index (Phi) is 7.84. The van der Waals surface area contributed by atoms with Crippen LogP contribution < -0.4 is 0 Å². The second kappa shape index (κ2) is 9.38. The smallest absolute Gasteiger partial charge is 0.179 e. The molecule has 6 heteroatoms. The Bertz CT molecular complexity index is 603. The molecule has 0 aromatic heterocycles. The van der Waals surface area contributed by atoms with Gasteiger partial charge in [-0.15, -0.1) is 11.8 Å². The van der Waals surface area contributed by atoms with Crippen molar-refractivity contribution in [1.82, 2.24) is 0 Å². The number of halogens is 3. The summed E-state index contributed by atoms with van der Waals surface area (Å²) in [7, 11) is 0. The summed E-state index contributed by atoms with van der Waals surface area (Å²) in [6.45, 7) is 2.12. The zero-order chi connectivity index (χ0) is 16.5. The predicted molar refractivity (Wildman–Crippen MR) is 79.8 cm³/mol. The van der Waals surface area contributed by atoms with Gasteiger partial charge < -0.3 is 0 Å². The lowest BCUT2D eigenvalue weighted by atomic mass is 10.1. The summed E-state index contributed by atoms with van der Waals surface area (Å²) in [5.74, 6) is -3.54. The molecule has 1 aromatic rings. The zero-order valence-electron chi connectivity index (χ0n) is 12.4. The van der Waals surface area contributed by atoms with Crippen LogP contribution in [0.15, 0.2) is 4.90 Å². The molecule has 0 saturated carbocycles. The first-order valence-electron chi connectivity index (χ1n) is 7.21. The number of rotatable bonds is 8. The maximum atomic E-state index is 14.0. The van der Waals surface area contributed by atoms with Crippen molar-refractivity contribution in [3.63, 3.8) is 0 Å². The maximum Gasteiger partial charge on any atom is 0.179 e. The van der Waals surface area contributed by atoms with E-state index in [1.165, 1.54) is 18.6 Å². The van der Waals surface area contributed by atoms with E-state index in [2.05, 4.69) is 6.92 Å². The highest BCUT2D eigenvalue weighted by atomic mass is 32.2. The first-order valence-corrected chi connectivity index (χ1v) is 8.20. The van der Waals surface area contributed by atoms with Crippen molar-refractivity contribution in [1.29, 1.82) is 10.5 Å². The fraction of sp³-hybridized carbons (Fsp3) is 0.500. The molecular weight excluding hydrogens is 309 g/mol. The van der Waals surface area contributed by atoms with Crippen molar-refractivity contribution < 1.29 is 13.2 Å². The number of nitriles is 2. The molecule has 0 saturated heterocycles. The van der Waals surface area contributed by atoms with Crippen molar-refractivity contribution >= 4 is 11.8 Å². The van der Waals surface area contributed by atoms with E-state index in [1.54, 1.807) is 0 Å². The molecule has 118 valence electrons. The van der Waals surface area contributed by atoms with Gasteiger partial charge in [-0.05, 0) is 12.2 Å². The normalized spacial score (nSPS) is 10.3. The van der Waals surface area contributed by atoms with Gasteiger partial charge in [-0.25, -0.2) is 13.2 Å². The standard InChI is InChI=1S/C16H17F3N2S/c1-2-3-4-5-6-7-8-22-16-14(18)12(10-21)11(9-20)13(17)15(16)19/h2-8H2,1H3. The Balaban J connectivity index is 2.74. The molecule has 0 N–H and O–H groups in total. The molecule has 0 atom stereocenters. The zero-order valence-corrected chi connectivity index (χ0v) is 13.2.